The molecule has 14 atom stereocenters. The van der Waals surface area contributed by atoms with Crippen molar-refractivity contribution < 1.29 is 44.5 Å². The van der Waals surface area contributed by atoms with Gasteiger partial charge in [-0.25, -0.2) is 0 Å². The average Bonchev–Trinajstić information content (AvgIpc) is 2.79. The average molecular weight is 510 g/mol. The van der Waals surface area contributed by atoms with Gasteiger partial charge in [0.15, 0.2) is 18.5 Å². The largest absolute Gasteiger partial charge is 0.394 e. The number of hydrogen-bond donors (Lipinski definition) is 11. The Labute approximate surface area is 202 Å². The number of aliphatic hydroxyl groups is 5. The molecule has 16 nitrogen and oxygen atoms in total. The molecule has 17 N–H and O–H groups in total. The van der Waals surface area contributed by atoms with Crippen molar-refractivity contribution in [1.29, 1.82) is 0 Å². The van der Waals surface area contributed by atoms with Crippen molar-refractivity contribution in [2.24, 2.45) is 39.4 Å². The Bertz CT molecular complexity index is 718. The molecule has 204 valence electrons. The highest BCUT2D eigenvalue weighted by Gasteiger charge is 2.50. The number of aliphatic imine (C=N–C) groups is 1. The number of guanidine groups is 1. The molecule has 35 heavy (non-hydrogen) atoms. The summed E-state index contributed by atoms with van der Waals surface area (Å²) in [6.45, 7) is -0.618. The van der Waals surface area contributed by atoms with Gasteiger partial charge in [0.2, 0.25) is 0 Å². The Hall–Kier alpha value is -1.25. The minimum absolute atomic E-state index is 0.0247. The summed E-state index contributed by atoms with van der Waals surface area (Å²) in [5, 5.41) is 50.9. The van der Waals surface area contributed by atoms with Gasteiger partial charge in [-0.2, -0.15) is 0 Å². The molecule has 16 heteroatoms. The van der Waals surface area contributed by atoms with E-state index in [9.17, 15) is 25.5 Å². The summed E-state index contributed by atoms with van der Waals surface area (Å²) < 4.78 is 23.0. The van der Waals surface area contributed by atoms with Gasteiger partial charge in [-0.15, -0.1) is 0 Å². The van der Waals surface area contributed by atoms with Crippen LogP contribution in [0.1, 0.15) is 12.8 Å². The fourth-order valence-electron chi connectivity index (χ4n) is 4.57. The van der Waals surface area contributed by atoms with E-state index in [-0.39, 0.29) is 25.3 Å². The van der Waals surface area contributed by atoms with Gasteiger partial charge in [0, 0.05) is 12.1 Å². The number of hydrogen-bond acceptors (Lipinski definition) is 14. The van der Waals surface area contributed by atoms with Crippen molar-refractivity contribution in [2.45, 2.75) is 98.4 Å². The summed E-state index contributed by atoms with van der Waals surface area (Å²) in [6, 6.07) is -3.41. The Kier molecular flexibility index (Phi) is 9.60. The summed E-state index contributed by atoms with van der Waals surface area (Å²) in [6.07, 6.45) is -11.3. The lowest BCUT2D eigenvalue weighted by Gasteiger charge is -2.47. The highest BCUT2D eigenvalue weighted by Crippen LogP contribution is 2.30. The third-order valence-corrected chi connectivity index (χ3v) is 6.63. The first-order valence-electron chi connectivity index (χ1n) is 11.5. The van der Waals surface area contributed by atoms with Crippen LogP contribution in [-0.4, -0.2) is 130 Å². The van der Waals surface area contributed by atoms with Crippen LogP contribution in [0.5, 0.6) is 0 Å². The van der Waals surface area contributed by atoms with E-state index < -0.39 is 92.2 Å². The maximum atomic E-state index is 11.1. The fourth-order valence-corrected chi connectivity index (χ4v) is 4.57. The molecule has 0 unspecified atom stereocenters. The van der Waals surface area contributed by atoms with E-state index in [4.69, 9.17) is 53.3 Å². The lowest BCUT2D eigenvalue weighted by atomic mass is 9.84. The predicted molar refractivity (Wildman–Crippen MR) is 120 cm³/mol. The molecular formula is C19H39N7O9. The van der Waals surface area contributed by atoms with Crippen LogP contribution in [0.15, 0.2) is 4.99 Å². The van der Waals surface area contributed by atoms with Crippen molar-refractivity contribution in [2.75, 3.05) is 13.2 Å². The van der Waals surface area contributed by atoms with Gasteiger partial charge < -0.3 is 78.9 Å². The van der Waals surface area contributed by atoms with Gasteiger partial charge in [0.1, 0.15) is 42.7 Å². The van der Waals surface area contributed by atoms with E-state index in [0.717, 1.165) is 0 Å². The molecule has 1 saturated carbocycles. The normalized spacial score (nSPS) is 48.9. The van der Waals surface area contributed by atoms with Gasteiger partial charge in [-0.05, 0) is 12.8 Å². The zero-order valence-electron chi connectivity index (χ0n) is 19.2. The molecular weight excluding hydrogens is 470 g/mol. The molecule has 3 aliphatic rings. The van der Waals surface area contributed by atoms with Gasteiger partial charge >= 0.3 is 0 Å². The van der Waals surface area contributed by atoms with Gasteiger partial charge in [0.25, 0.3) is 0 Å². The molecule has 2 heterocycles. The third-order valence-electron chi connectivity index (χ3n) is 6.63. The van der Waals surface area contributed by atoms with E-state index in [1.54, 1.807) is 0 Å². The summed E-state index contributed by atoms with van der Waals surface area (Å²) in [7, 11) is 0. The maximum Gasteiger partial charge on any atom is 0.186 e. The number of nitrogens with two attached hydrogens (primary N) is 6. The minimum atomic E-state index is -1.45. The summed E-state index contributed by atoms with van der Waals surface area (Å²) in [4.78, 5) is 3.85. The van der Waals surface area contributed by atoms with Crippen molar-refractivity contribution in [3.05, 3.63) is 0 Å². The van der Waals surface area contributed by atoms with Gasteiger partial charge in [0.05, 0.1) is 31.3 Å². The fraction of sp³-hybridized carbons (Fsp3) is 0.947. The zero-order chi connectivity index (χ0) is 26.0. The van der Waals surface area contributed by atoms with Gasteiger partial charge in [-0.3, -0.25) is 4.99 Å². The molecule has 0 aromatic heterocycles. The first-order valence-corrected chi connectivity index (χ1v) is 11.5. The molecule has 3 rings (SSSR count). The predicted octanol–water partition coefficient (Wildman–Crippen LogP) is -6.98. The zero-order valence-corrected chi connectivity index (χ0v) is 19.2. The van der Waals surface area contributed by atoms with E-state index in [2.05, 4.69) is 4.99 Å². The van der Waals surface area contributed by atoms with Crippen molar-refractivity contribution in [1.82, 2.24) is 0 Å². The monoisotopic (exact) mass is 509 g/mol. The second-order valence-electron chi connectivity index (χ2n) is 9.31. The summed E-state index contributed by atoms with van der Waals surface area (Å²) in [5.41, 5.74) is 35.1. The van der Waals surface area contributed by atoms with Gasteiger partial charge in [-0.1, -0.05) is 0 Å². The Balaban J connectivity index is 1.70. The van der Waals surface area contributed by atoms with E-state index >= 15 is 0 Å². The minimum Gasteiger partial charge on any atom is -0.394 e. The van der Waals surface area contributed by atoms with Crippen LogP contribution < -0.4 is 34.4 Å². The molecule has 0 aromatic rings. The van der Waals surface area contributed by atoms with E-state index in [1.807, 2.05) is 0 Å². The molecule has 0 amide bonds. The summed E-state index contributed by atoms with van der Waals surface area (Å²) >= 11 is 0. The number of nitrogens with zero attached hydrogens (tertiary/aromatic N) is 1. The molecule has 0 bridgehead atoms. The lowest BCUT2D eigenvalue weighted by molar-refractivity contribution is -0.307. The molecule has 0 aromatic carbocycles. The highest BCUT2D eigenvalue weighted by atomic mass is 16.7. The molecule has 2 aliphatic heterocycles. The van der Waals surface area contributed by atoms with E-state index in [0.29, 0.717) is 0 Å². The molecule has 0 radical (unpaired) electrons. The first-order chi connectivity index (χ1) is 16.4. The Morgan fingerprint density at radius 2 is 1.34 bits per heavy atom. The Morgan fingerprint density at radius 1 is 0.771 bits per heavy atom. The molecule has 1 aliphatic carbocycles. The topological polar surface area (TPSA) is 307 Å². The second-order valence-corrected chi connectivity index (χ2v) is 9.31. The van der Waals surface area contributed by atoms with Crippen LogP contribution in [0.4, 0.5) is 0 Å². The molecule has 0 spiro atoms. The first kappa shape index (κ1) is 28.3. The SMILES string of the molecule is NC(N)=NC[C@H]1O[C@H](O[C@H]2[C@H](O)[C@@H](O[C@H]3O[C@H](CO)[C@@H](O)[C@H](O)[C@H]3N)[C@H](N)C[C@@H]2N)[C@H](N)C[C@@H]1O. The van der Waals surface area contributed by atoms with Crippen LogP contribution in [0.25, 0.3) is 0 Å². The van der Waals surface area contributed by atoms with Crippen LogP contribution in [0.3, 0.4) is 0 Å². The van der Waals surface area contributed by atoms with Crippen LogP contribution in [0.2, 0.25) is 0 Å². The standard InChI is InChI=1S/C19H39N7O9/c20-5-1-6(21)16(35-18-11(23)13(30)12(29)10(4-27)33-18)14(31)15(5)34-17-7(22)2-8(28)9(32-17)3-26-19(24)25/h5-18,27-31H,1-4,20-23H2,(H4,24,25,26)/t5-,6+,7+,8-,9+,10+,11+,12+,13+,14-,15+,16-,17+,18+/m0/s1. The quantitative estimate of drug-likeness (QED) is 0.112. The second kappa shape index (κ2) is 11.9. The Morgan fingerprint density at radius 3 is 1.91 bits per heavy atom. The third kappa shape index (κ3) is 6.37. The van der Waals surface area contributed by atoms with E-state index in [1.165, 1.54) is 0 Å². The van der Waals surface area contributed by atoms with Crippen molar-refractivity contribution in [3.8, 4) is 0 Å². The smallest absolute Gasteiger partial charge is 0.186 e. The molecule has 2 saturated heterocycles. The van der Waals surface area contributed by atoms with Crippen molar-refractivity contribution in [3.63, 3.8) is 0 Å². The number of rotatable bonds is 7. The lowest BCUT2D eigenvalue weighted by Crippen LogP contribution is -2.68. The number of aliphatic hydroxyl groups excluding tert-OH is 5. The van der Waals surface area contributed by atoms with Crippen LogP contribution >= 0.6 is 0 Å². The van der Waals surface area contributed by atoms with Crippen LogP contribution in [0, 0.1) is 0 Å². The summed E-state index contributed by atoms with van der Waals surface area (Å²) in [5.74, 6) is -0.170. The molecule has 3 fully saturated rings. The van der Waals surface area contributed by atoms with Crippen molar-refractivity contribution >= 4 is 5.96 Å². The maximum absolute atomic E-state index is 11.1. The van der Waals surface area contributed by atoms with Crippen LogP contribution in [-0.2, 0) is 18.9 Å². The number of ether oxygens (including phenoxy) is 4. The highest BCUT2D eigenvalue weighted by molar-refractivity contribution is 5.75.